The van der Waals surface area contributed by atoms with Crippen molar-refractivity contribution < 1.29 is 19.5 Å². The van der Waals surface area contributed by atoms with Crippen LogP contribution in [0.2, 0.25) is 0 Å². The number of carbonyl (C=O) groups is 1. The smallest absolute Gasteiger partial charge is 0.250 e. The fraction of sp³-hybridized carbons (Fsp3) is 0.941. The van der Waals surface area contributed by atoms with Gasteiger partial charge in [-0.05, 0) is 56.3 Å². The summed E-state index contributed by atoms with van der Waals surface area (Å²) in [6.07, 6.45) is 5.41. The van der Waals surface area contributed by atoms with Crippen LogP contribution in [0, 0.1) is 17.8 Å². The van der Waals surface area contributed by atoms with Gasteiger partial charge in [0.1, 0.15) is 6.23 Å². The number of hydrogen-bond acceptors (Lipinski definition) is 7. The highest BCUT2D eigenvalue weighted by atomic mass is 16.7. The molecule has 8 atom stereocenters. The molecule has 0 aromatic rings. The van der Waals surface area contributed by atoms with Gasteiger partial charge in [0.05, 0.1) is 6.17 Å². The maximum atomic E-state index is 12.3. The highest BCUT2D eigenvalue weighted by Gasteiger charge is 2.44. The quantitative estimate of drug-likeness (QED) is 0.474. The van der Waals surface area contributed by atoms with Crippen LogP contribution < -0.4 is 21.4 Å². The number of fused-ring (bicyclic) bond motifs is 1. The second kappa shape index (κ2) is 7.46. The molecular formula is C17H30N4O4. The number of amides is 1. The van der Waals surface area contributed by atoms with Crippen molar-refractivity contribution in [1.82, 2.24) is 21.4 Å². The Labute approximate surface area is 148 Å². The molecule has 142 valence electrons. The zero-order valence-electron chi connectivity index (χ0n) is 14.7. The van der Waals surface area contributed by atoms with Crippen LogP contribution in [0.5, 0.6) is 0 Å². The average molecular weight is 354 g/mol. The van der Waals surface area contributed by atoms with E-state index in [0.717, 1.165) is 25.7 Å². The predicted octanol–water partition coefficient (Wildman–Crippen LogP) is -0.252. The van der Waals surface area contributed by atoms with Gasteiger partial charge in [0, 0.05) is 12.6 Å². The summed E-state index contributed by atoms with van der Waals surface area (Å²) in [5.41, 5.74) is 3.16. The number of aliphatic hydroxyl groups is 1. The largest absolute Gasteiger partial charge is 0.356 e. The SMILES string of the molecule is CCC1NC(C2CCC3C(CC[C@H]3NC(=O)C3CNC(O)O3)C2)NO1. The first-order chi connectivity index (χ1) is 12.1. The van der Waals surface area contributed by atoms with E-state index in [2.05, 4.69) is 28.4 Å². The van der Waals surface area contributed by atoms with Crippen LogP contribution in [0.3, 0.4) is 0 Å². The molecule has 2 saturated heterocycles. The Morgan fingerprint density at radius 2 is 2.08 bits per heavy atom. The molecule has 25 heavy (non-hydrogen) atoms. The van der Waals surface area contributed by atoms with Crippen LogP contribution >= 0.6 is 0 Å². The number of ether oxygens (including phenoxy) is 1. The second-order valence-electron chi connectivity index (χ2n) is 7.85. The third kappa shape index (κ3) is 3.70. The molecular weight excluding hydrogens is 324 g/mol. The summed E-state index contributed by atoms with van der Waals surface area (Å²) in [6, 6.07) is 0.240. The minimum absolute atomic E-state index is 0.102. The first-order valence-electron chi connectivity index (χ1n) is 9.68. The summed E-state index contributed by atoms with van der Waals surface area (Å²) in [7, 11) is 0. The number of aliphatic hydroxyl groups excluding tert-OH is 1. The number of hydroxylamine groups is 1. The van der Waals surface area contributed by atoms with Gasteiger partial charge in [-0.25, -0.2) is 0 Å². The van der Waals surface area contributed by atoms with Crippen molar-refractivity contribution in [2.75, 3.05) is 6.54 Å². The van der Waals surface area contributed by atoms with E-state index in [1.54, 1.807) is 0 Å². The summed E-state index contributed by atoms with van der Waals surface area (Å²) >= 11 is 0. The Hall–Kier alpha value is -0.770. The molecule has 0 aromatic heterocycles. The Morgan fingerprint density at radius 3 is 2.80 bits per heavy atom. The summed E-state index contributed by atoms with van der Waals surface area (Å²) in [5.74, 6) is 1.71. The Kier molecular flexibility index (Phi) is 5.26. The zero-order chi connectivity index (χ0) is 17.4. The fourth-order valence-electron chi connectivity index (χ4n) is 5.02. The topological polar surface area (TPSA) is 104 Å². The summed E-state index contributed by atoms with van der Waals surface area (Å²) in [4.78, 5) is 17.9. The second-order valence-corrected chi connectivity index (χ2v) is 7.85. The third-order valence-corrected chi connectivity index (χ3v) is 6.38. The lowest BCUT2D eigenvalue weighted by molar-refractivity contribution is -0.145. The molecule has 7 unspecified atom stereocenters. The molecule has 4 rings (SSSR count). The molecule has 2 aliphatic heterocycles. The molecule has 2 saturated carbocycles. The maximum absolute atomic E-state index is 12.3. The lowest BCUT2D eigenvalue weighted by atomic mass is 9.74. The monoisotopic (exact) mass is 354 g/mol. The van der Waals surface area contributed by atoms with Crippen LogP contribution in [-0.2, 0) is 14.4 Å². The predicted molar refractivity (Wildman–Crippen MR) is 89.6 cm³/mol. The highest BCUT2D eigenvalue weighted by Crippen LogP contribution is 2.45. The first kappa shape index (κ1) is 17.6. The average Bonchev–Trinajstić information content (AvgIpc) is 3.34. The van der Waals surface area contributed by atoms with Gasteiger partial charge in [0.15, 0.2) is 6.10 Å². The van der Waals surface area contributed by atoms with E-state index in [9.17, 15) is 9.90 Å². The van der Waals surface area contributed by atoms with Gasteiger partial charge in [0.2, 0.25) is 6.41 Å². The minimum atomic E-state index is -1.02. The van der Waals surface area contributed by atoms with Crippen LogP contribution in [0.15, 0.2) is 0 Å². The number of hydrogen-bond donors (Lipinski definition) is 5. The molecule has 4 aliphatic rings. The van der Waals surface area contributed by atoms with Crippen molar-refractivity contribution in [2.24, 2.45) is 17.8 Å². The Morgan fingerprint density at radius 1 is 1.24 bits per heavy atom. The van der Waals surface area contributed by atoms with Gasteiger partial charge in [-0.3, -0.25) is 20.3 Å². The first-order valence-corrected chi connectivity index (χ1v) is 9.68. The molecule has 4 fully saturated rings. The van der Waals surface area contributed by atoms with Gasteiger partial charge in [-0.1, -0.05) is 6.92 Å². The van der Waals surface area contributed by atoms with E-state index in [-0.39, 0.29) is 24.3 Å². The molecule has 5 N–H and O–H groups in total. The van der Waals surface area contributed by atoms with Crippen molar-refractivity contribution >= 4 is 5.91 Å². The van der Waals surface area contributed by atoms with Crippen molar-refractivity contribution in [3.05, 3.63) is 0 Å². The molecule has 0 aromatic carbocycles. The standard InChI is InChI=1S/C17H30N4O4/c1-2-14-20-15(21-25-14)10-3-5-11-9(7-10)4-6-12(11)19-16(22)13-8-18-17(23)24-13/h9-15,17-18,20-21,23H,2-8H2,1H3,(H,19,22)/t9?,10?,11?,12-,13?,14?,15?,17?/m1/s1. The highest BCUT2D eigenvalue weighted by molar-refractivity contribution is 5.81. The van der Waals surface area contributed by atoms with Crippen LogP contribution in [0.4, 0.5) is 0 Å². The third-order valence-electron chi connectivity index (χ3n) is 6.38. The number of carbonyl (C=O) groups excluding carboxylic acids is 1. The van der Waals surface area contributed by atoms with Crippen molar-refractivity contribution in [2.45, 2.75) is 76.4 Å². The maximum Gasteiger partial charge on any atom is 0.250 e. The Bertz CT molecular complexity index is 493. The lowest BCUT2D eigenvalue weighted by Crippen LogP contribution is -2.47. The van der Waals surface area contributed by atoms with Crippen molar-refractivity contribution in [1.29, 1.82) is 0 Å². The van der Waals surface area contributed by atoms with Crippen LogP contribution in [-0.4, -0.2) is 48.5 Å². The van der Waals surface area contributed by atoms with Crippen molar-refractivity contribution in [3.8, 4) is 0 Å². The van der Waals surface area contributed by atoms with Gasteiger partial charge in [0.25, 0.3) is 5.91 Å². The number of rotatable bonds is 4. The van der Waals surface area contributed by atoms with Crippen molar-refractivity contribution in [3.63, 3.8) is 0 Å². The van der Waals surface area contributed by atoms with Gasteiger partial charge >= 0.3 is 0 Å². The van der Waals surface area contributed by atoms with Gasteiger partial charge in [-0.15, -0.1) is 0 Å². The van der Waals surface area contributed by atoms with E-state index in [0.29, 0.717) is 24.3 Å². The molecule has 2 heterocycles. The van der Waals surface area contributed by atoms with Crippen LogP contribution in [0.1, 0.15) is 45.4 Å². The summed E-state index contributed by atoms with van der Waals surface area (Å²) < 4.78 is 5.18. The molecule has 8 nitrogen and oxygen atoms in total. The van der Waals surface area contributed by atoms with E-state index >= 15 is 0 Å². The Balaban J connectivity index is 1.28. The van der Waals surface area contributed by atoms with Gasteiger partial charge in [-0.2, -0.15) is 5.48 Å². The normalized spacial score (nSPS) is 47.0. The van der Waals surface area contributed by atoms with E-state index in [1.165, 1.54) is 12.8 Å². The molecule has 0 bridgehead atoms. The lowest BCUT2D eigenvalue weighted by Gasteiger charge is -2.36. The molecule has 0 spiro atoms. The molecule has 2 aliphatic carbocycles. The zero-order valence-corrected chi connectivity index (χ0v) is 14.7. The summed E-state index contributed by atoms with van der Waals surface area (Å²) in [5, 5.41) is 18.7. The van der Waals surface area contributed by atoms with E-state index < -0.39 is 12.5 Å². The molecule has 0 radical (unpaired) electrons. The van der Waals surface area contributed by atoms with Gasteiger partial charge < -0.3 is 15.2 Å². The minimum Gasteiger partial charge on any atom is -0.356 e. The number of nitrogens with one attached hydrogen (secondary N) is 4. The fourth-order valence-corrected chi connectivity index (χ4v) is 5.02. The molecule has 8 heteroatoms. The summed E-state index contributed by atoms with van der Waals surface area (Å²) in [6.45, 7) is 2.49. The van der Waals surface area contributed by atoms with Crippen LogP contribution in [0.25, 0.3) is 0 Å². The van der Waals surface area contributed by atoms with E-state index in [4.69, 9.17) is 9.57 Å². The van der Waals surface area contributed by atoms with E-state index in [1.807, 2.05) is 0 Å². The molecule has 1 amide bonds.